The van der Waals surface area contributed by atoms with E-state index in [-0.39, 0.29) is 23.5 Å². The number of anilines is 2. The van der Waals surface area contributed by atoms with Crippen molar-refractivity contribution >= 4 is 33.3 Å². The molecule has 15 heteroatoms. The molecule has 224 valence electrons. The molecular formula is C26H29F7N6OS. The molecule has 3 aromatic heterocycles. The summed E-state index contributed by atoms with van der Waals surface area (Å²) in [4.78, 5) is 17.3. The summed E-state index contributed by atoms with van der Waals surface area (Å²) in [5.41, 5.74) is 1.31. The van der Waals surface area contributed by atoms with E-state index in [0.29, 0.717) is 34.6 Å². The lowest BCUT2D eigenvalue weighted by molar-refractivity contribution is -0.350. The van der Waals surface area contributed by atoms with E-state index in [2.05, 4.69) is 25.3 Å². The fourth-order valence-corrected chi connectivity index (χ4v) is 6.91. The molecule has 5 rings (SSSR count). The van der Waals surface area contributed by atoms with Crippen molar-refractivity contribution < 1.29 is 35.8 Å². The van der Waals surface area contributed by atoms with Gasteiger partial charge in [0.1, 0.15) is 16.3 Å². The third kappa shape index (κ3) is 5.54. The maximum atomic E-state index is 14.0. The van der Waals surface area contributed by atoms with Crippen LogP contribution in [0.15, 0.2) is 12.3 Å². The molecule has 0 amide bonds. The second kappa shape index (κ2) is 10.5. The molecule has 2 saturated carbocycles. The lowest BCUT2D eigenvalue weighted by Gasteiger charge is -2.30. The molecule has 7 nitrogen and oxygen atoms in total. The summed E-state index contributed by atoms with van der Waals surface area (Å²) in [6.07, 6.45) is 0.657. The molecule has 0 aliphatic heterocycles. The first-order valence-corrected chi connectivity index (χ1v) is 14.1. The van der Waals surface area contributed by atoms with E-state index in [1.165, 1.54) is 11.3 Å². The minimum absolute atomic E-state index is 0.0611. The SMILES string of the molecule is Cc1nc(NCC(F)(F)C(F)(F)C(F)(F)F)nc(NC2CCC(C3(O)CCCC3)C2)c1-c1nc2c(C)nccc2s1. The van der Waals surface area contributed by atoms with Crippen LogP contribution in [0.25, 0.3) is 20.8 Å². The first-order chi connectivity index (χ1) is 19.1. The normalized spacial score (nSPS) is 21.5. The van der Waals surface area contributed by atoms with Crippen molar-refractivity contribution in [2.75, 3.05) is 17.2 Å². The fraction of sp³-hybridized carbons (Fsp3) is 0.615. The number of alkyl halides is 7. The average Bonchev–Trinajstić information content (AvgIpc) is 3.63. The molecule has 41 heavy (non-hydrogen) atoms. The van der Waals surface area contributed by atoms with Gasteiger partial charge in [0, 0.05) is 12.2 Å². The molecule has 0 aromatic carbocycles. The minimum atomic E-state index is -6.44. The van der Waals surface area contributed by atoms with Gasteiger partial charge in [-0.2, -0.15) is 35.7 Å². The van der Waals surface area contributed by atoms with Crippen LogP contribution in [0.1, 0.15) is 56.3 Å². The fourth-order valence-electron chi connectivity index (χ4n) is 5.80. The number of nitrogens with zero attached hydrogens (tertiary/aromatic N) is 4. The molecule has 0 bridgehead atoms. The van der Waals surface area contributed by atoms with Gasteiger partial charge in [0.05, 0.1) is 33.8 Å². The smallest absolute Gasteiger partial charge is 0.390 e. The molecular weight excluding hydrogens is 577 g/mol. The van der Waals surface area contributed by atoms with Crippen molar-refractivity contribution in [2.24, 2.45) is 5.92 Å². The van der Waals surface area contributed by atoms with Crippen LogP contribution in [0.4, 0.5) is 42.5 Å². The number of thiazole rings is 1. The van der Waals surface area contributed by atoms with Crippen molar-refractivity contribution in [2.45, 2.75) is 88.5 Å². The number of halogens is 7. The molecule has 3 heterocycles. The van der Waals surface area contributed by atoms with Crippen LogP contribution in [-0.2, 0) is 0 Å². The quantitative estimate of drug-likeness (QED) is 0.240. The van der Waals surface area contributed by atoms with Crippen molar-refractivity contribution in [3.05, 3.63) is 23.7 Å². The van der Waals surface area contributed by atoms with E-state index in [1.54, 1.807) is 26.1 Å². The molecule has 0 radical (unpaired) electrons. The topological polar surface area (TPSA) is 95.9 Å². The first kappa shape index (κ1) is 29.7. The molecule has 2 aliphatic rings. The summed E-state index contributed by atoms with van der Waals surface area (Å²) in [5.74, 6) is -12.0. The van der Waals surface area contributed by atoms with Gasteiger partial charge in [-0.15, -0.1) is 11.3 Å². The van der Waals surface area contributed by atoms with Gasteiger partial charge in [0.15, 0.2) is 0 Å². The third-order valence-corrected chi connectivity index (χ3v) is 9.12. The Morgan fingerprint density at radius 3 is 2.37 bits per heavy atom. The standard InChI is InChI=1S/C26H29F7N6OS/c1-13-18(21-38-19-14(2)34-10-7-17(19)41-21)20(37-16-6-5-15(11-16)23(40)8-3-4-9-23)39-22(36-13)35-12-24(27,28)25(29,30)26(31,32)33/h7,10,15-16,40H,3-6,8-9,11-12H2,1-2H3,(H2,35,36,37,39). The summed E-state index contributed by atoms with van der Waals surface area (Å²) in [7, 11) is 0. The molecule has 0 spiro atoms. The van der Waals surface area contributed by atoms with Gasteiger partial charge < -0.3 is 15.7 Å². The summed E-state index contributed by atoms with van der Waals surface area (Å²) in [6, 6.07) is 1.63. The Hall–Kier alpha value is -2.81. The summed E-state index contributed by atoms with van der Waals surface area (Å²) in [5, 5.41) is 16.8. The third-order valence-electron chi connectivity index (χ3n) is 8.08. The number of nitrogens with one attached hydrogen (secondary N) is 2. The molecule has 0 saturated heterocycles. The van der Waals surface area contributed by atoms with E-state index in [9.17, 15) is 35.8 Å². The summed E-state index contributed by atoms with van der Waals surface area (Å²) >= 11 is 1.32. The van der Waals surface area contributed by atoms with Gasteiger partial charge in [-0.25, -0.2) is 9.97 Å². The lowest BCUT2D eigenvalue weighted by Crippen LogP contribution is -2.55. The van der Waals surface area contributed by atoms with Gasteiger partial charge >= 0.3 is 18.0 Å². The van der Waals surface area contributed by atoms with Gasteiger partial charge in [-0.05, 0) is 57.9 Å². The Balaban J connectivity index is 1.47. The summed E-state index contributed by atoms with van der Waals surface area (Å²) < 4.78 is 93.6. The summed E-state index contributed by atoms with van der Waals surface area (Å²) in [6.45, 7) is 1.30. The highest BCUT2D eigenvalue weighted by molar-refractivity contribution is 7.21. The second-order valence-electron chi connectivity index (χ2n) is 10.9. The number of aliphatic hydroxyl groups is 1. The van der Waals surface area contributed by atoms with E-state index < -0.39 is 36.1 Å². The molecule has 3 N–H and O–H groups in total. The van der Waals surface area contributed by atoms with E-state index in [1.807, 2.05) is 5.32 Å². The van der Waals surface area contributed by atoms with Crippen molar-refractivity contribution in [1.29, 1.82) is 0 Å². The number of aryl methyl sites for hydroxylation is 2. The van der Waals surface area contributed by atoms with Gasteiger partial charge in [0.25, 0.3) is 0 Å². The highest BCUT2D eigenvalue weighted by Gasteiger charge is 2.72. The molecule has 2 aliphatic carbocycles. The lowest BCUT2D eigenvalue weighted by atomic mass is 9.84. The maximum absolute atomic E-state index is 14.0. The molecule has 2 unspecified atom stereocenters. The van der Waals surface area contributed by atoms with Crippen molar-refractivity contribution in [3.63, 3.8) is 0 Å². The molecule has 2 fully saturated rings. The number of rotatable bonds is 8. The number of aromatic nitrogens is 4. The van der Waals surface area contributed by atoms with Crippen LogP contribution in [0.3, 0.4) is 0 Å². The van der Waals surface area contributed by atoms with Gasteiger partial charge in [0.2, 0.25) is 5.95 Å². The monoisotopic (exact) mass is 606 g/mol. The van der Waals surface area contributed by atoms with Crippen LogP contribution < -0.4 is 10.6 Å². The predicted molar refractivity (Wildman–Crippen MR) is 141 cm³/mol. The van der Waals surface area contributed by atoms with Crippen molar-refractivity contribution in [3.8, 4) is 10.6 Å². The zero-order valence-electron chi connectivity index (χ0n) is 22.3. The molecule has 2 atom stereocenters. The highest BCUT2D eigenvalue weighted by Crippen LogP contribution is 2.47. The predicted octanol–water partition coefficient (Wildman–Crippen LogP) is 6.90. The Bertz CT molecular complexity index is 1420. The Kier molecular flexibility index (Phi) is 7.58. The maximum Gasteiger partial charge on any atom is 0.459 e. The Morgan fingerprint density at radius 2 is 1.71 bits per heavy atom. The average molecular weight is 607 g/mol. The Labute approximate surface area is 235 Å². The largest absolute Gasteiger partial charge is 0.459 e. The number of fused-ring (bicyclic) bond motifs is 1. The van der Waals surface area contributed by atoms with E-state index in [0.717, 1.165) is 36.8 Å². The van der Waals surface area contributed by atoms with Crippen LogP contribution in [0.5, 0.6) is 0 Å². The molecule has 3 aromatic rings. The first-order valence-electron chi connectivity index (χ1n) is 13.3. The zero-order chi connectivity index (χ0) is 29.8. The number of pyridine rings is 1. The van der Waals surface area contributed by atoms with Crippen molar-refractivity contribution in [1.82, 2.24) is 19.9 Å². The van der Waals surface area contributed by atoms with E-state index >= 15 is 0 Å². The minimum Gasteiger partial charge on any atom is -0.390 e. The van der Waals surface area contributed by atoms with Crippen LogP contribution in [0, 0.1) is 19.8 Å². The van der Waals surface area contributed by atoms with Gasteiger partial charge in [-0.3, -0.25) is 4.98 Å². The van der Waals surface area contributed by atoms with Crippen LogP contribution >= 0.6 is 11.3 Å². The highest BCUT2D eigenvalue weighted by atomic mass is 32.1. The Morgan fingerprint density at radius 1 is 1.00 bits per heavy atom. The van der Waals surface area contributed by atoms with Crippen LogP contribution in [-0.4, -0.2) is 61.3 Å². The van der Waals surface area contributed by atoms with Gasteiger partial charge in [-0.1, -0.05) is 12.8 Å². The van der Waals surface area contributed by atoms with E-state index in [4.69, 9.17) is 0 Å². The second-order valence-corrected chi connectivity index (χ2v) is 11.9. The number of hydrogen-bond donors (Lipinski definition) is 3. The zero-order valence-corrected chi connectivity index (χ0v) is 23.1. The van der Waals surface area contributed by atoms with Crippen LogP contribution in [0.2, 0.25) is 0 Å². The number of hydrogen-bond acceptors (Lipinski definition) is 8.